The zero-order valence-electron chi connectivity index (χ0n) is 12.2. The molecule has 0 heteroatoms. The van der Waals surface area contributed by atoms with Crippen molar-refractivity contribution < 1.29 is 0 Å². The molecule has 0 saturated carbocycles. The molecule has 0 nitrogen and oxygen atoms in total. The topological polar surface area (TPSA) is 0 Å². The van der Waals surface area contributed by atoms with E-state index < -0.39 is 0 Å². The van der Waals surface area contributed by atoms with Crippen LogP contribution in [0.1, 0.15) is 91.9 Å². The molecule has 0 aliphatic heterocycles. The van der Waals surface area contributed by atoms with Crippen LogP contribution in [0.15, 0.2) is 0 Å². The maximum Gasteiger partial charge on any atom is -0.0386 e. The Morgan fingerprint density at radius 3 is 1.25 bits per heavy atom. The summed E-state index contributed by atoms with van der Waals surface area (Å²) < 4.78 is 0. The second-order valence-corrected chi connectivity index (χ2v) is 5.36. The van der Waals surface area contributed by atoms with E-state index in [2.05, 4.69) is 27.7 Å². The highest BCUT2D eigenvalue weighted by Gasteiger charge is 2.18. The molecule has 0 bridgehead atoms. The van der Waals surface area contributed by atoms with E-state index in [9.17, 15) is 0 Å². The van der Waals surface area contributed by atoms with E-state index in [-0.39, 0.29) is 0 Å². The van der Waals surface area contributed by atoms with Gasteiger partial charge in [-0.1, -0.05) is 91.9 Å². The van der Waals surface area contributed by atoms with Gasteiger partial charge in [0.1, 0.15) is 0 Å². The maximum atomic E-state index is 2.39. The number of rotatable bonds is 11. The first-order chi connectivity index (χ1) is 7.79. The highest BCUT2D eigenvalue weighted by molar-refractivity contribution is 4.69. The molecular weight excluding hydrogens is 192 g/mol. The largest absolute Gasteiger partial charge is 0.0654 e. The van der Waals surface area contributed by atoms with Crippen LogP contribution in [0, 0.1) is 11.8 Å². The summed E-state index contributed by atoms with van der Waals surface area (Å²) in [5, 5.41) is 0. The molecule has 0 aromatic heterocycles. The van der Waals surface area contributed by atoms with E-state index in [0.29, 0.717) is 0 Å². The van der Waals surface area contributed by atoms with Crippen LogP contribution in [0.3, 0.4) is 0 Å². The quantitative estimate of drug-likeness (QED) is 0.393. The molecule has 0 spiro atoms. The number of unbranched alkanes of at least 4 members (excludes halogenated alkanes) is 3. The Morgan fingerprint density at radius 2 is 0.938 bits per heavy atom. The fourth-order valence-corrected chi connectivity index (χ4v) is 2.79. The van der Waals surface area contributed by atoms with Crippen molar-refractivity contribution in [1.29, 1.82) is 0 Å². The van der Waals surface area contributed by atoms with Crippen LogP contribution in [0.4, 0.5) is 0 Å². The Hall–Kier alpha value is 0. The summed E-state index contributed by atoms with van der Waals surface area (Å²) in [6, 6.07) is 0. The van der Waals surface area contributed by atoms with E-state index in [1.165, 1.54) is 64.2 Å². The first kappa shape index (κ1) is 16.0. The SMILES string of the molecule is CCCCC(CC)C(CCCC)CCCC. The molecule has 0 heterocycles. The lowest BCUT2D eigenvalue weighted by molar-refractivity contribution is 0.254. The van der Waals surface area contributed by atoms with Crippen molar-refractivity contribution in [3.63, 3.8) is 0 Å². The first-order valence-corrected chi connectivity index (χ1v) is 7.79. The van der Waals surface area contributed by atoms with Crippen molar-refractivity contribution >= 4 is 0 Å². The fraction of sp³-hybridized carbons (Fsp3) is 1.00. The molecule has 0 aliphatic rings. The molecule has 98 valence electrons. The lowest BCUT2D eigenvalue weighted by Crippen LogP contribution is -2.14. The maximum absolute atomic E-state index is 2.39. The predicted molar refractivity (Wildman–Crippen MR) is 75.8 cm³/mol. The minimum absolute atomic E-state index is 1.01. The van der Waals surface area contributed by atoms with Crippen molar-refractivity contribution in [1.82, 2.24) is 0 Å². The summed E-state index contributed by atoms with van der Waals surface area (Å²) in [4.78, 5) is 0. The second-order valence-electron chi connectivity index (χ2n) is 5.36. The third-order valence-electron chi connectivity index (χ3n) is 3.98. The van der Waals surface area contributed by atoms with Gasteiger partial charge >= 0.3 is 0 Å². The van der Waals surface area contributed by atoms with E-state index in [4.69, 9.17) is 0 Å². The zero-order chi connectivity index (χ0) is 12.2. The molecule has 0 fully saturated rings. The minimum atomic E-state index is 1.01. The van der Waals surface area contributed by atoms with Gasteiger partial charge in [-0.25, -0.2) is 0 Å². The van der Waals surface area contributed by atoms with Gasteiger partial charge in [0.05, 0.1) is 0 Å². The first-order valence-electron chi connectivity index (χ1n) is 7.79. The van der Waals surface area contributed by atoms with Crippen LogP contribution in [0.25, 0.3) is 0 Å². The van der Waals surface area contributed by atoms with Crippen molar-refractivity contribution in [3.8, 4) is 0 Å². The second kappa shape index (κ2) is 11.5. The molecule has 0 radical (unpaired) electrons. The fourth-order valence-electron chi connectivity index (χ4n) is 2.79. The normalized spacial score (nSPS) is 13.3. The molecular formula is C16H34. The summed E-state index contributed by atoms with van der Waals surface area (Å²) in [6.07, 6.45) is 14.3. The molecule has 0 rings (SSSR count). The van der Waals surface area contributed by atoms with Gasteiger partial charge in [0.25, 0.3) is 0 Å². The third kappa shape index (κ3) is 7.30. The van der Waals surface area contributed by atoms with E-state index in [0.717, 1.165) is 11.8 Å². The Morgan fingerprint density at radius 1 is 0.562 bits per heavy atom. The highest BCUT2D eigenvalue weighted by Crippen LogP contribution is 2.30. The van der Waals surface area contributed by atoms with Gasteiger partial charge in [0.2, 0.25) is 0 Å². The monoisotopic (exact) mass is 226 g/mol. The van der Waals surface area contributed by atoms with Gasteiger partial charge in [-0.05, 0) is 11.8 Å². The molecule has 16 heavy (non-hydrogen) atoms. The van der Waals surface area contributed by atoms with Gasteiger partial charge < -0.3 is 0 Å². The molecule has 0 aromatic carbocycles. The lowest BCUT2D eigenvalue weighted by atomic mass is 9.80. The van der Waals surface area contributed by atoms with Crippen molar-refractivity contribution in [2.24, 2.45) is 11.8 Å². The van der Waals surface area contributed by atoms with Crippen molar-refractivity contribution in [2.45, 2.75) is 91.9 Å². The highest BCUT2D eigenvalue weighted by atomic mass is 14.2. The summed E-state index contributed by atoms with van der Waals surface area (Å²) in [5.41, 5.74) is 0. The Bertz CT molecular complexity index is 120. The van der Waals surface area contributed by atoms with Crippen LogP contribution in [-0.2, 0) is 0 Å². The zero-order valence-corrected chi connectivity index (χ0v) is 12.2. The average molecular weight is 226 g/mol. The van der Waals surface area contributed by atoms with Crippen LogP contribution in [0.2, 0.25) is 0 Å². The third-order valence-corrected chi connectivity index (χ3v) is 3.98. The van der Waals surface area contributed by atoms with Gasteiger partial charge in [-0.15, -0.1) is 0 Å². The molecule has 1 unspecified atom stereocenters. The molecule has 0 saturated heterocycles. The Balaban J connectivity index is 4.06. The van der Waals surface area contributed by atoms with Gasteiger partial charge in [0.15, 0.2) is 0 Å². The summed E-state index contributed by atoms with van der Waals surface area (Å²) in [6.45, 7) is 9.36. The molecule has 0 aromatic rings. The smallest absolute Gasteiger partial charge is 0.0386 e. The van der Waals surface area contributed by atoms with Crippen LogP contribution >= 0.6 is 0 Å². The van der Waals surface area contributed by atoms with Gasteiger partial charge in [0, 0.05) is 0 Å². The average Bonchev–Trinajstić information content (AvgIpc) is 2.32. The summed E-state index contributed by atoms with van der Waals surface area (Å²) in [5.74, 6) is 2.04. The molecule has 0 aliphatic carbocycles. The number of hydrogen-bond donors (Lipinski definition) is 0. The summed E-state index contributed by atoms with van der Waals surface area (Å²) in [7, 11) is 0. The standard InChI is InChI=1S/C16H34/c1-5-9-12-15(8-4)16(13-10-6-2)14-11-7-3/h15-16H,5-14H2,1-4H3. The molecule has 1 atom stereocenters. The molecule has 0 amide bonds. The Labute approximate surface area is 104 Å². The predicted octanol–water partition coefficient (Wildman–Crippen LogP) is 6.20. The Kier molecular flexibility index (Phi) is 11.5. The summed E-state index contributed by atoms with van der Waals surface area (Å²) >= 11 is 0. The van der Waals surface area contributed by atoms with E-state index >= 15 is 0 Å². The van der Waals surface area contributed by atoms with E-state index in [1.54, 1.807) is 0 Å². The minimum Gasteiger partial charge on any atom is -0.0654 e. The van der Waals surface area contributed by atoms with Crippen molar-refractivity contribution in [2.75, 3.05) is 0 Å². The van der Waals surface area contributed by atoms with Crippen LogP contribution < -0.4 is 0 Å². The van der Waals surface area contributed by atoms with Crippen molar-refractivity contribution in [3.05, 3.63) is 0 Å². The van der Waals surface area contributed by atoms with Crippen LogP contribution in [0.5, 0.6) is 0 Å². The van der Waals surface area contributed by atoms with Gasteiger partial charge in [-0.3, -0.25) is 0 Å². The number of hydrogen-bond acceptors (Lipinski definition) is 0. The lowest BCUT2D eigenvalue weighted by Gasteiger charge is -2.26. The van der Waals surface area contributed by atoms with E-state index in [1.807, 2.05) is 0 Å². The molecule has 0 N–H and O–H groups in total. The van der Waals surface area contributed by atoms with Crippen LogP contribution in [-0.4, -0.2) is 0 Å². The van der Waals surface area contributed by atoms with Gasteiger partial charge in [-0.2, -0.15) is 0 Å².